The van der Waals surface area contributed by atoms with Gasteiger partial charge < -0.3 is 5.73 Å². The summed E-state index contributed by atoms with van der Waals surface area (Å²) in [6.07, 6.45) is 0. The van der Waals surface area contributed by atoms with E-state index in [-0.39, 0.29) is 5.84 Å². The maximum absolute atomic E-state index is 7.78. The van der Waals surface area contributed by atoms with Crippen LogP contribution in [-0.4, -0.2) is 10.8 Å². The summed E-state index contributed by atoms with van der Waals surface area (Å²) >= 11 is 0. The zero-order chi connectivity index (χ0) is 14.2. The molecule has 19 heavy (non-hydrogen) atoms. The SMILES string of the molecule is CC(C)c1cc(C(=N)N)c2cccc(C(C)C)c2n1. The van der Waals surface area contributed by atoms with Crippen LogP contribution in [0.1, 0.15) is 56.4 Å². The number of amidine groups is 1. The van der Waals surface area contributed by atoms with Crippen molar-refractivity contribution in [3.05, 3.63) is 41.1 Å². The van der Waals surface area contributed by atoms with Crippen LogP contribution in [0.15, 0.2) is 24.3 Å². The van der Waals surface area contributed by atoms with E-state index < -0.39 is 0 Å². The van der Waals surface area contributed by atoms with Crippen molar-refractivity contribution in [2.24, 2.45) is 5.73 Å². The number of nitrogen functional groups attached to an aromatic ring is 1. The number of benzene rings is 1. The fourth-order valence-electron chi connectivity index (χ4n) is 2.27. The summed E-state index contributed by atoms with van der Waals surface area (Å²) in [5.74, 6) is 0.830. The Bertz CT molecular complexity index is 627. The number of para-hydroxylation sites is 1. The summed E-state index contributed by atoms with van der Waals surface area (Å²) in [5, 5.41) is 8.76. The minimum absolute atomic E-state index is 0.107. The molecule has 0 fully saturated rings. The molecule has 2 aromatic rings. The predicted octanol–water partition coefficient (Wildman–Crippen LogP) is 3.77. The van der Waals surface area contributed by atoms with Crippen molar-refractivity contribution in [3.8, 4) is 0 Å². The van der Waals surface area contributed by atoms with E-state index in [2.05, 4.69) is 33.8 Å². The molecule has 0 spiro atoms. The molecule has 0 bridgehead atoms. The first kappa shape index (κ1) is 13.5. The van der Waals surface area contributed by atoms with Crippen LogP contribution in [0.3, 0.4) is 0 Å². The number of rotatable bonds is 3. The molecule has 1 heterocycles. The Morgan fingerprint density at radius 2 is 1.84 bits per heavy atom. The second kappa shape index (κ2) is 5.00. The van der Waals surface area contributed by atoms with Crippen LogP contribution < -0.4 is 5.73 Å². The first-order valence-electron chi connectivity index (χ1n) is 6.69. The highest BCUT2D eigenvalue weighted by molar-refractivity contribution is 6.07. The maximum atomic E-state index is 7.78. The van der Waals surface area contributed by atoms with E-state index in [0.29, 0.717) is 11.8 Å². The third-order valence-corrected chi connectivity index (χ3v) is 3.39. The Balaban J connectivity index is 2.87. The summed E-state index contributed by atoms with van der Waals surface area (Å²) in [4.78, 5) is 4.79. The largest absolute Gasteiger partial charge is 0.384 e. The smallest absolute Gasteiger partial charge is 0.123 e. The van der Waals surface area contributed by atoms with E-state index in [1.54, 1.807) is 0 Å². The van der Waals surface area contributed by atoms with Crippen LogP contribution >= 0.6 is 0 Å². The number of pyridine rings is 1. The molecule has 0 atom stereocenters. The molecule has 0 saturated carbocycles. The lowest BCUT2D eigenvalue weighted by atomic mass is 9.95. The van der Waals surface area contributed by atoms with Gasteiger partial charge >= 0.3 is 0 Å². The molecule has 2 rings (SSSR count). The zero-order valence-electron chi connectivity index (χ0n) is 12.0. The molecule has 0 amide bonds. The van der Waals surface area contributed by atoms with Crippen molar-refractivity contribution in [1.82, 2.24) is 4.98 Å². The van der Waals surface area contributed by atoms with Crippen LogP contribution in [0.2, 0.25) is 0 Å². The first-order chi connectivity index (χ1) is 8.91. The van der Waals surface area contributed by atoms with Crippen LogP contribution in [0, 0.1) is 5.41 Å². The number of hydrogen-bond acceptors (Lipinski definition) is 2. The molecule has 0 aliphatic rings. The first-order valence-corrected chi connectivity index (χ1v) is 6.69. The molecule has 3 N–H and O–H groups in total. The number of nitrogens with one attached hydrogen (secondary N) is 1. The standard InChI is InChI=1S/C16H21N3/c1-9(2)11-6-5-7-12-13(16(17)18)8-14(10(3)4)19-15(11)12/h5-10H,1-4H3,(H3,17,18). The van der Waals surface area contributed by atoms with Gasteiger partial charge in [-0.2, -0.15) is 0 Å². The Morgan fingerprint density at radius 3 is 2.37 bits per heavy atom. The average molecular weight is 255 g/mol. The molecule has 3 nitrogen and oxygen atoms in total. The van der Waals surface area contributed by atoms with Gasteiger partial charge in [-0.05, 0) is 23.5 Å². The summed E-state index contributed by atoms with van der Waals surface area (Å²) in [7, 11) is 0. The molecule has 0 saturated heterocycles. The van der Waals surface area contributed by atoms with E-state index in [9.17, 15) is 0 Å². The molecule has 1 aromatic carbocycles. The molecule has 0 unspecified atom stereocenters. The van der Waals surface area contributed by atoms with Gasteiger partial charge in [0.15, 0.2) is 0 Å². The third-order valence-electron chi connectivity index (χ3n) is 3.39. The van der Waals surface area contributed by atoms with Gasteiger partial charge in [0.25, 0.3) is 0 Å². The van der Waals surface area contributed by atoms with Crippen molar-refractivity contribution in [1.29, 1.82) is 5.41 Å². The normalized spacial score (nSPS) is 11.5. The molecular weight excluding hydrogens is 234 g/mol. The van der Waals surface area contributed by atoms with Crippen LogP contribution in [-0.2, 0) is 0 Å². The summed E-state index contributed by atoms with van der Waals surface area (Å²) in [6, 6.07) is 8.06. The van der Waals surface area contributed by atoms with Gasteiger partial charge in [-0.3, -0.25) is 10.4 Å². The maximum Gasteiger partial charge on any atom is 0.123 e. The molecule has 0 aliphatic heterocycles. The second-order valence-corrected chi connectivity index (χ2v) is 5.56. The van der Waals surface area contributed by atoms with Crippen molar-refractivity contribution >= 4 is 16.7 Å². The Labute approximate surface area is 114 Å². The monoisotopic (exact) mass is 255 g/mol. The number of nitrogens with two attached hydrogens (primary N) is 1. The van der Waals surface area contributed by atoms with Gasteiger partial charge in [0.05, 0.1) is 5.52 Å². The molecule has 1 aromatic heterocycles. The zero-order valence-corrected chi connectivity index (χ0v) is 12.0. The third kappa shape index (κ3) is 2.46. The fraction of sp³-hybridized carbons (Fsp3) is 0.375. The van der Waals surface area contributed by atoms with Crippen molar-refractivity contribution in [2.75, 3.05) is 0 Å². The van der Waals surface area contributed by atoms with Crippen LogP contribution in [0.25, 0.3) is 10.9 Å². The predicted molar refractivity (Wildman–Crippen MR) is 80.9 cm³/mol. The molecule has 0 aliphatic carbocycles. The van der Waals surface area contributed by atoms with E-state index in [1.165, 1.54) is 5.56 Å². The van der Waals surface area contributed by atoms with Crippen molar-refractivity contribution in [2.45, 2.75) is 39.5 Å². The lowest BCUT2D eigenvalue weighted by Gasteiger charge is -2.15. The Morgan fingerprint density at radius 1 is 1.16 bits per heavy atom. The lowest BCUT2D eigenvalue weighted by Crippen LogP contribution is -2.13. The summed E-state index contributed by atoms with van der Waals surface area (Å²) in [6.45, 7) is 8.53. The van der Waals surface area contributed by atoms with Gasteiger partial charge in [0.2, 0.25) is 0 Å². The average Bonchev–Trinajstić information content (AvgIpc) is 2.36. The molecule has 3 heteroatoms. The minimum Gasteiger partial charge on any atom is -0.384 e. The van der Waals surface area contributed by atoms with Gasteiger partial charge in [0.1, 0.15) is 5.84 Å². The summed E-state index contributed by atoms with van der Waals surface area (Å²) < 4.78 is 0. The van der Waals surface area contributed by atoms with Crippen molar-refractivity contribution in [3.63, 3.8) is 0 Å². The minimum atomic E-state index is 0.107. The molecular formula is C16H21N3. The topological polar surface area (TPSA) is 62.8 Å². The van der Waals surface area contributed by atoms with Crippen molar-refractivity contribution < 1.29 is 0 Å². The molecule has 100 valence electrons. The van der Waals surface area contributed by atoms with E-state index >= 15 is 0 Å². The second-order valence-electron chi connectivity index (χ2n) is 5.56. The van der Waals surface area contributed by atoms with Gasteiger partial charge in [-0.25, -0.2) is 0 Å². The van der Waals surface area contributed by atoms with E-state index in [4.69, 9.17) is 16.1 Å². The van der Waals surface area contributed by atoms with Gasteiger partial charge in [-0.15, -0.1) is 0 Å². The van der Waals surface area contributed by atoms with Crippen LogP contribution in [0.5, 0.6) is 0 Å². The van der Waals surface area contributed by atoms with Crippen LogP contribution in [0.4, 0.5) is 0 Å². The van der Waals surface area contributed by atoms with Gasteiger partial charge in [-0.1, -0.05) is 45.9 Å². The fourth-order valence-corrected chi connectivity index (χ4v) is 2.27. The van der Waals surface area contributed by atoms with E-state index in [0.717, 1.165) is 22.2 Å². The number of aromatic nitrogens is 1. The van der Waals surface area contributed by atoms with E-state index in [1.807, 2.05) is 18.2 Å². The number of nitrogens with zero attached hydrogens (tertiary/aromatic N) is 1. The Hall–Kier alpha value is -1.90. The highest BCUT2D eigenvalue weighted by Crippen LogP contribution is 2.28. The molecule has 0 radical (unpaired) electrons. The number of fused-ring (bicyclic) bond motifs is 1. The highest BCUT2D eigenvalue weighted by atomic mass is 14.7. The number of hydrogen-bond donors (Lipinski definition) is 2. The highest BCUT2D eigenvalue weighted by Gasteiger charge is 2.14. The summed E-state index contributed by atoms with van der Waals surface area (Å²) in [5.41, 5.74) is 9.70. The lowest BCUT2D eigenvalue weighted by molar-refractivity contribution is 0.823. The quantitative estimate of drug-likeness (QED) is 0.648. The van der Waals surface area contributed by atoms with Gasteiger partial charge in [0, 0.05) is 16.6 Å². The Kier molecular flexibility index (Phi) is 3.56.